The van der Waals surface area contributed by atoms with Crippen LogP contribution in [0, 0.1) is 0 Å². The van der Waals surface area contributed by atoms with Crippen LogP contribution in [0.1, 0.15) is 54.5 Å². The Hall–Kier alpha value is -4.70. The third-order valence-corrected chi connectivity index (χ3v) is 9.81. The Morgan fingerprint density at radius 3 is 2.26 bits per heavy atom. The van der Waals surface area contributed by atoms with Gasteiger partial charge in [0.1, 0.15) is 5.75 Å². The van der Waals surface area contributed by atoms with Crippen LogP contribution in [0.25, 0.3) is 28.0 Å². The molecule has 2 heterocycles. The maximum absolute atomic E-state index is 11.0. The quantitative estimate of drug-likeness (QED) is 0.236. The number of hydrogen-bond acceptors (Lipinski definition) is 4. The molecular formula is C39H35NO3. The van der Waals surface area contributed by atoms with Crippen LogP contribution < -0.4 is 14.4 Å². The Labute approximate surface area is 252 Å². The summed E-state index contributed by atoms with van der Waals surface area (Å²) in [5.41, 5.74) is 8.25. The van der Waals surface area contributed by atoms with Crippen LogP contribution >= 0.6 is 0 Å². The Balaban J connectivity index is 1.40. The van der Waals surface area contributed by atoms with E-state index in [1.807, 2.05) is 18.2 Å². The summed E-state index contributed by atoms with van der Waals surface area (Å²) in [6.07, 6.45) is 6.99. The zero-order valence-corrected chi connectivity index (χ0v) is 24.9. The largest absolute Gasteiger partial charge is 0.504 e. The highest BCUT2D eigenvalue weighted by Gasteiger charge is 2.44. The van der Waals surface area contributed by atoms with Crippen molar-refractivity contribution in [2.24, 2.45) is 0 Å². The van der Waals surface area contributed by atoms with Gasteiger partial charge in [-0.1, -0.05) is 86.7 Å². The lowest BCUT2D eigenvalue weighted by atomic mass is 9.76. The maximum Gasteiger partial charge on any atom is 0.178 e. The molecule has 3 aliphatic rings. The molecule has 0 aromatic heterocycles. The molecule has 0 bridgehead atoms. The van der Waals surface area contributed by atoms with E-state index in [-0.39, 0.29) is 11.2 Å². The fourth-order valence-electron chi connectivity index (χ4n) is 7.69. The Kier molecular flexibility index (Phi) is 5.68. The second-order valence-corrected chi connectivity index (χ2v) is 12.5. The number of ether oxygens (including phenoxy) is 2. The van der Waals surface area contributed by atoms with Gasteiger partial charge in [-0.2, -0.15) is 0 Å². The molecule has 1 atom stereocenters. The predicted octanol–water partition coefficient (Wildman–Crippen LogP) is 8.81. The number of anilines is 1. The van der Waals surface area contributed by atoms with Crippen molar-refractivity contribution >= 4 is 22.5 Å². The molecule has 0 spiro atoms. The molecule has 0 amide bonds. The second-order valence-electron chi connectivity index (χ2n) is 12.5. The molecule has 1 saturated heterocycles. The summed E-state index contributed by atoms with van der Waals surface area (Å²) in [5, 5.41) is 12.9. The lowest BCUT2D eigenvalue weighted by molar-refractivity contribution is 0.163. The van der Waals surface area contributed by atoms with E-state index < -0.39 is 5.60 Å². The molecule has 214 valence electrons. The summed E-state index contributed by atoms with van der Waals surface area (Å²) in [6.45, 7) is 6.79. The van der Waals surface area contributed by atoms with Gasteiger partial charge in [-0.25, -0.2) is 0 Å². The highest BCUT2D eigenvalue weighted by Crippen LogP contribution is 2.59. The van der Waals surface area contributed by atoms with Crippen LogP contribution in [-0.4, -0.2) is 25.3 Å². The molecule has 4 heteroatoms. The first-order valence-corrected chi connectivity index (χ1v) is 15.2. The highest BCUT2D eigenvalue weighted by atomic mass is 16.5. The minimum absolute atomic E-state index is 0.123. The Morgan fingerprint density at radius 2 is 1.51 bits per heavy atom. The van der Waals surface area contributed by atoms with E-state index in [0.29, 0.717) is 5.75 Å². The monoisotopic (exact) mass is 565 g/mol. The summed E-state index contributed by atoms with van der Waals surface area (Å²) in [6, 6.07) is 31.8. The van der Waals surface area contributed by atoms with Crippen LogP contribution in [0.4, 0.5) is 5.69 Å². The van der Waals surface area contributed by atoms with Crippen molar-refractivity contribution in [2.45, 2.75) is 37.7 Å². The SMILES string of the molecule is COc1cc2c3c(c4c(c2cc1O)-c1ccccc1C4(C)C)C=CC(c1ccccc1)(c1ccc(N2CCCC2)cc1)O3. The van der Waals surface area contributed by atoms with E-state index in [0.717, 1.165) is 51.9 Å². The summed E-state index contributed by atoms with van der Waals surface area (Å²) >= 11 is 0. The minimum Gasteiger partial charge on any atom is -0.504 e. The van der Waals surface area contributed by atoms with Gasteiger partial charge in [-0.15, -0.1) is 0 Å². The van der Waals surface area contributed by atoms with Crippen molar-refractivity contribution in [2.75, 3.05) is 25.1 Å². The van der Waals surface area contributed by atoms with E-state index in [1.165, 1.54) is 35.2 Å². The molecular weight excluding hydrogens is 530 g/mol. The van der Waals surface area contributed by atoms with Gasteiger partial charge in [0, 0.05) is 46.3 Å². The van der Waals surface area contributed by atoms with Gasteiger partial charge in [-0.3, -0.25) is 0 Å². The summed E-state index contributed by atoms with van der Waals surface area (Å²) in [7, 11) is 1.59. The Morgan fingerprint density at radius 1 is 0.814 bits per heavy atom. The molecule has 1 fully saturated rings. The topological polar surface area (TPSA) is 41.9 Å². The number of rotatable bonds is 4. The molecule has 1 aliphatic carbocycles. The van der Waals surface area contributed by atoms with Crippen molar-refractivity contribution in [3.8, 4) is 28.4 Å². The first-order valence-electron chi connectivity index (χ1n) is 15.2. The predicted molar refractivity (Wildman–Crippen MR) is 175 cm³/mol. The van der Waals surface area contributed by atoms with Crippen molar-refractivity contribution in [3.05, 3.63) is 125 Å². The number of phenols is 1. The number of phenolic OH excluding ortho intramolecular Hbond substituents is 1. The van der Waals surface area contributed by atoms with E-state index >= 15 is 0 Å². The lowest BCUT2D eigenvalue weighted by Crippen LogP contribution is -2.35. The average molecular weight is 566 g/mol. The van der Waals surface area contributed by atoms with Gasteiger partial charge in [0.25, 0.3) is 0 Å². The van der Waals surface area contributed by atoms with E-state index in [2.05, 4.69) is 104 Å². The fourth-order valence-corrected chi connectivity index (χ4v) is 7.69. The normalized spacial score (nSPS) is 19.6. The zero-order chi connectivity index (χ0) is 29.3. The summed E-state index contributed by atoms with van der Waals surface area (Å²) in [4.78, 5) is 2.46. The van der Waals surface area contributed by atoms with Crippen LogP contribution in [-0.2, 0) is 11.0 Å². The van der Waals surface area contributed by atoms with Crippen LogP contribution in [0.3, 0.4) is 0 Å². The van der Waals surface area contributed by atoms with Crippen molar-refractivity contribution in [1.82, 2.24) is 0 Å². The number of fused-ring (bicyclic) bond motifs is 8. The number of hydrogen-bond donors (Lipinski definition) is 1. The van der Waals surface area contributed by atoms with Gasteiger partial charge in [0.05, 0.1) is 7.11 Å². The van der Waals surface area contributed by atoms with E-state index in [1.54, 1.807) is 7.11 Å². The summed E-state index contributed by atoms with van der Waals surface area (Å²) in [5.74, 6) is 1.36. The van der Waals surface area contributed by atoms with Gasteiger partial charge in [0.15, 0.2) is 17.1 Å². The van der Waals surface area contributed by atoms with E-state index in [4.69, 9.17) is 9.47 Å². The molecule has 8 rings (SSSR count). The smallest absolute Gasteiger partial charge is 0.178 e. The van der Waals surface area contributed by atoms with Crippen molar-refractivity contribution < 1.29 is 14.6 Å². The lowest BCUT2D eigenvalue weighted by Gasteiger charge is -2.38. The number of nitrogens with zero attached hydrogens (tertiary/aromatic N) is 1. The van der Waals surface area contributed by atoms with E-state index in [9.17, 15) is 5.11 Å². The average Bonchev–Trinajstić information content (AvgIpc) is 3.67. The molecule has 43 heavy (non-hydrogen) atoms. The fraction of sp³-hybridized carbons (Fsp3) is 0.231. The number of methoxy groups -OCH3 is 1. The van der Waals surface area contributed by atoms with Crippen molar-refractivity contribution in [1.29, 1.82) is 0 Å². The number of aromatic hydroxyl groups is 1. The van der Waals surface area contributed by atoms with Crippen molar-refractivity contribution in [3.63, 3.8) is 0 Å². The van der Waals surface area contributed by atoms with Gasteiger partial charge >= 0.3 is 0 Å². The first kappa shape index (κ1) is 26.0. The molecule has 0 saturated carbocycles. The minimum atomic E-state index is -0.834. The first-order chi connectivity index (χ1) is 20.9. The van der Waals surface area contributed by atoms with Gasteiger partial charge < -0.3 is 19.5 Å². The molecule has 0 radical (unpaired) electrons. The second kappa shape index (κ2) is 9.40. The molecule has 4 nitrogen and oxygen atoms in total. The third kappa shape index (κ3) is 3.69. The highest BCUT2D eigenvalue weighted by molar-refractivity contribution is 6.09. The standard InChI is InChI=1S/C39H35NO3/c1-38(2)32-14-8-7-13-28(32)35-30-23-33(41)34(42-3)24-31(30)37-29(36(35)38)19-20-39(43-37,25-11-5-4-6-12-25)26-15-17-27(18-16-26)40-21-9-10-22-40/h4-8,11-20,23-24,41H,9-10,21-22H2,1-3H3. The van der Waals surface area contributed by atoms with Crippen LogP contribution in [0.2, 0.25) is 0 Å². The molecule has 2 aliphatic heterocycles. The molecule has 1 N–H and O–H groups in total. The Bertz CT molecular complexity index is 1920. The summed E-state index contributed by atoms with van der Waals surface area (Å²) < 4.78 is 13.0. The van der Waals surface area contributed by atoms with Gasteiger partial charge in [-0.05, 0) is 70.8 Å². The zero-order valence-electron chi connectivity index (χ0n) is 24.9. The van der Waals surface area contributed by atoms with Crippen LogP contribution in [0.15, 0.2) is 97.1 Å². The third-order valence-electron chi connectivity index (χ3n) is 9.81. The number of benzene rings is 5. The maximum atomic E-state index is 11.0. The van der Waals surface area contributed by atoms with Gasteiger partial charge in [0.2, 0.25) is 0 Å². The molecule has 5 aromatic carbocycles. The molecule has 5 aromatic rings. The molecule has 1 unspecified atom stereocenters. The van der Waals surface area contributed by atoms with Crippen LogP contribution in [0.5, 0.6) is 17.2 Å².